The molecule has 3 saturated heterocycles. The number of carbonyl (C=O) groups is 1. The Bertz CT molecular complexity index is 790. The summed E-state index contributed by atoms with van der Waals surface area (Å²) < 4.78 is 25.4. The molecule has 1 aromatic heterocycles. The quantitative estimate of drug-likeness (QED) is 0.826. The molecule has 142 valence electrons. The third kappa shape index (κ3) is 2.84. The van der Waals surface area contributed by atoms with Gasteiger partial charge in [0.05, 0.1) is 11.7 Å². The lowest BCUT2D eigenvalue weighted by atomic mass is 9.60. The molecule has 4 heterocycles. The molecule has 8 heteroatoms. The van der Waals surface area contributed by atoms with E-state index in [1.807, 2.05) is 12.3 Å². The van der Waals surface area contributed by atoms with Crippen LogP contribution >= 0.6 is 0 Å². The fourth-order valence-electron chi connectivity index (χ4n) is 5.26. The number of pyridine rings is 1. The van der Waals surface area contributed by atoms with Crippen molar-refractivity contribution >= 4 is 15.9 Å². The molecule has 0 unspecified atom stereocenters. The second-order valence-electron chi connectivity index (χ2n) is 8.04. The SMILES string of the molecule is CS(=O)(=O)N1CCC2(CC1)CN(Cc1cccnc1)C[C@]21CCNC1=O. The van der Waals surface area contributed by atoms with E-state index in [0.717, 1.165) is 51.0 Å². The third-order valence-electron chi connectivity index (χ3n) is 6.58. The molecule has 0 radical (unpaired) electrons. The van der Waals surface area contributed by atoms with Crippen LogP contribution in [0, 0.1) is 10.8 Å². The molecule has 7 nitrogen and oxygen atoms in total. The Morgan fingerprint density at radius 3 is 2.58 bits per heavy atom. The number of likely N-dealkylation sites (tertiary alicyclic amines) is 1. The number of amides is 1. The summed E-state index contributed by atoms with van der Waals surface area (Å²) in [6, 6.07) is 4.00. The fraction of sp³-hybridized carbons (Fsp3) is 0.667. The number of piperidine rings is 1. The Labute approximate surface area is 154 Å². The van der Waals surface area contributed by atoms with E-state index in [0.29, 0.717) is 13.1 Å². The Balaban J connectivity index is 1.59. The maximum absolute atomic E-state index is 12.9. The standard InChI is InChI=1S/C18H26N4O3S/c1-26(24,25)22-9-5-17(6-10-22)13-21(12-15-3-2-7-19-11-15)14-18(17)4-8-20-16(18)23/h2-3,7,11H,4-6,8-10,12-14H2,1H3,(H,20,23)/t18-/m0/s1. The van der Waals surface area contributed by atoms with Crippen LogP contribution in [0.3, 0.4) is 0 Å². The van der Waals surface area contributed by atoms with Crippen molar-refractivity contribution in [3.05, 3.63) is 30.1 Å². The van der Waals surface area contributed by atoms with Crippen molar-refractivity contribution < 1.29 is 13.2 Å². The van der Waals surface area contributed by atoms with E-state index in [9.17, 15) is 13.2 Å². The topological polar surface area (TPSA) is 82.6 Å². The minimum atomic E-state index is -3.17. The van der Waals surface area contributed by atoms with E-state index < -0.39 is 15.4 Å². The Morgan fingerprint density at radius 1 is 1.23 bits per heavy atom. The Kier molecular flexibility index (Phi) is 4.32. The van der Waals surface area contributed by atoms with E-state index in [1.54, 1.807) is 10.5 Å². The summed E-state index contributed by atoms with van der Waals surface area (Å²) in [6.45, 7) is 4.10. The van der Waals surface area contributed by atoms with Crippen LogP contribution in [0.25, 0.3) is 0 Å². The lowest BCUT2D eigenvalue weighted by Gasteiger charge is -2.46. The molecule has 4 rings (SSSR count). The lowest BCUT2D eigenvalue weighted by molar-refractivity contribution is -0.133. The van der Waals surface area contributed by atoms with E-state index in [1.165, 1.54) is 6.26 Å². The second-order valence-corrected chi connectivity index (χ2v) is 10.0. The first-order chi connectivity index (χ1) is 12.3. The predicted molar refractivity (Wildman–Crippen MR) is 97.7 cm³/mol. The van der Waals surface area contributed by atoms with Crippen molar-refractivity contribution in [2.45, 2.75) is 25.8 Å². The maximum atomic E-state index is 12.9. The van der Waals surface area contributed by atoms with Gasteiger partial charge in [0.2, 0.25) is 15.9 Å². The normalized spacial score (nSPS) is 29.5. The number of aromatic nitrogens is 1. The summed E-state index contributed by atoms with van der Waals surface area (Å²) >= 11 is 0. The number of sulfonamides is 1. The van der Waals surface area contributed by atoms with Gasteiger partial charge in [0.1, 0.15) is 0 Å². The van der Waals surface area contributed by atoms with E-state index in [4.69, 9.17) is 0 Å². The van der Waals surface area contributed by atoms with Crippen LogP contribution in [0.4, 0.5) is 0 Å². The van der Waals surface area contributed by atoms with Crippen molar-refractivity contribution in [3.8, 4) is 0 Å². The van der Waals surface area contributed by atoms with Gasteiger partial charge in [0.15, 0.2) is 0 Å². The largest absolute Gasteiger partial charge is 0.356 e. The molecule has 3 aliphatic heterocycles. The van der Waals surface area contributed by atoms with Gasteiger partial charge in [-0.25, -0.2) is 12.7 Å². The smallest absolute Gasteiger partial charge is 0.228 e. The molecule has 3 fully saturated rings. The van der Waals surface area contributed by atoms with Crippen molar-refractivity contribution in [2.24, 2.45) is 10.8 Å². The number of carbonyl (C=O) groups excluding carboxylic acids is 1. The minimum absolute atomic E-state index is 0.142. The molecule has 1 amide bonds. The van der Waals surface area contributed by atoms with Crippen LogP contribution in [-0.2, 0) is 21.4 Å². The highest BCUT2D eigenvalue weighted by Gasteiger charge is 2.63. The zero-order chi connectivity index (χ0) is 18.4. The molecule has 1 N–H and O–H groups in total. The van der Waals surface area contributed by atoms with Crippen molar-refractivity contribution in [1.82, 2.24) is 19.5 Å². The van der Waals surface area contributed by atoms with Crippen molar-refractivity contribution in [2.75, 3.05) is 39.0 Å². The van der Waals surface area contributed by atoms with Crippen LogP contribution in [0.1, 0.15) is 24.8 Å². The molecule has 26 heavy (non-hydrogen) atoms. The average molecular weight is 378 g/mol. The lowest BCUT2D eigenvalue weighted by Crippen LogP contribution is -2.53. The number of nitrogens with zero attached hydrogens (tertiary/aromatic N) is 3. The monoisotopic (exact) mass is 378 g/mol. The summed E-state index contributed by atoms with van der Waals surface area (Å²) in [5.41, 5.74) is 0.613. The summed E-state index contributed by atoms with van der Waals surface area (Å²) in [6.07, 6.45) is 7.25. The predicted octanol–water partition coefficient (Wildman–Crippen LogP) is 0.445. The fourth-order valence-corrected chi connectivity index (χ4v) is 6.10. The zero-order valence-electron chi connectivity index (χ0n) is 15.1. The van der Waals surface area contributed by atoms with Crippen LogP contribution in [0.5, 0.6) is 0 Å². The molecule has 0 aliphatic carbocycles. The molecule has 3 aliphatic rings. The highest BCUT2D eigenvalue weighted by Crippen LogP contribution is 2.56. The van der Waals surface area contributed by atoms with Gasteiger partial charge in [-0.1, -0.05) is 6.07 Å². The van der Waals surface area contributed by atoms with Gasteiger partial charge in [0, 0.05) is 57.1 Å². The number of fused-ring (bicyclic) bond motifs is 1. The first-order valence-electron chi connectivity index (χ1n) is 9.19. The molecule has 1 atom stereocenters. The average Bonchev–Trinajstić information content (AvgIpc) is 3.10. The van der Waals surface area contributed by atoms with Gasteiger partial charge in [-0.3, -0.25) is 14.7 Å². The molecule has 0 bridgehead atoms. The number of rotatable bonds is 3. The maximum Gasteiger partial charge on any atom is 0.228 e. The van der Waals surface area contributed by atoms with Gasteiger partial charge < -0.3 is 5.32 Å². The molecular weight excluding hydrogens is 352 g/mol. The summed E-state index contributed by atoms with van der Waals surface area (Å²) in [5, 5.41) is 3.04. The van der Waals surface area contributed by atoms with Crippen LogP contribution in [0.15, 0.2) is 24.5 Å². The molecular formula is C18H26N4O3S. The first kappa shape index (κ1) is 17.9. The summed E-state index contributed by atoms with van der Waals surface area (Å²) in [4.78, 5) is 19.4. The van der Waals surface area contributed by atoms with E-state index >= 15 is 0 Å². The van der Waals surface area contributed by atoms with Gasteiger partial charge in [0.25, 0.3) is 0 Å². The van der Waals surface area contributed by atoms with Crippen LogP contribution in [0.2, 0.25) is 0 Å². The first-order valence-corrected chi connectivity index (χ1v) is 11.0. The minimum Gasteiger partial charge on any atom is -0.356 e. The molecule has 1 aromatic rings. The highest BCUT2D eigenvalue weighted by molar-refractivity contribution is 7.88. The van der Waals surface area contributed by atoms with Crippen molar-refractivity contribution in [1.29, 1.82) is 0 Å². The Hall–Kier alpha value is -1.51. The molecule has 0 aromatic carbocycles. The van der Waals surface area contributed by atoms with Gasteiger partial charge in [-0.2, -0.15) is 0 Å². The summed E-state index contributed by atoms with van der Waals surface area (Å²) in [7, 11) is -3.17. The van der Waals surface area contributed by atoms with E-state index in [2.05, 4.69) is 21.3 Å². The highest BCUT2D eigenvalue weighted by atomic mass is 32.2. The van der Waals surface area contributed by atoms with Gasteiger partial charge in [-0.15, -0.1) is 0 Å². The number of hydrogen-bond acceptors (Lipinski definition) is 5. The number of nitrogens with one attached hydrogen (secondary N) is 1. The molecule has 2 spiro atoms. The van der Waals surface area contributed by atoms with Gasteiger partial charge in [-0.05, 0) is 30.9 Å². The summed E-state index contributed by atoms with van der Waals surface area (Å²) in [5.74, 6) is 0.152. The second kappa shape index (κ2) is 6.28. The Morgan fingerprint density at radius 2 is 2.00 bits per heavy atom. The van der Waals surface area contributed by atoms with E-state index in [-0.39, 0.29) is 11.3 Å². The third-order valence-corrected chi connectivity index (χ3v) is 7.89. The van der Waals surface area contributed by atoms with Crippen molar-refractivity contribution in [3.63, 3.8) is 0 Å². The van der Waals surface area contributed by atoms with Crippen LogP contribution < -0.4 is 5.32 Å². The molecule has 0 saturated carbocycles. The zero-order valence-corrected chi connectivity index (χ0v) is 16.0. The van der Waals surface area contributed by atoms with Crippen LogP contribution in [-0.4, -0.2) is 67.5 Å². The van der Waals surface area contributed by atoms with Gasteiger partial charge >= 0.3 is 0 Å². The number of hydrogen-bond donors (Lipinski definition) is 1.